The maximum atomic E-state index is 11.7. The Kier molecular flexibility index (Phi) is 5.09. The molecule has 24 heavy (non-hydrogen) atoms. The number of fused-ring (bicyclic) bond motifs is 1. The van der Waals surface area contributed by atoms with Crippen LogP contribution in [-0.2, 0) is 6.54 Å². The van der Waals surface area contributed by atoms with Crippen molar-refractivity contribution >= 4 is 17.0 Å². The number of rotatable bonds is 5. The Bertz CT molecular complexity index is 708. The molecule has 0 bridgehead atoms. The molecule has 1 saturated heterocycles. The maximum Gasteiger partial charge on any atom is 0.314 e. The Labute approximate surface area is 143 Å². The van der Waals surface area contributed by atoms with E-state index in [1.165, 1.54) is 10.9 Å². The van der Waals surface area contributed by atoms with E-state index in [0.717, 1.165) is 43.9 Å². The zero-order valence-corrected chi connectivity index (χ0v) is 14.8. The minimum atomic E-state index is -0.0726. The van der Waals surface area contributed by atoms with Gasteiger partial charge in [-0.05, 0) is 51.3 Å². The average molecular weight is 329 g/mol. The van der Waals surface area contributed by atoms with Gasteiger partial charge in [0.1, 0.15) is 11.3 Å². The Hall–Kier alpha value is -2.01. The minimum absolute atomic E-state index is 0.0726. The van der Waals surface area contributed by atoms with Crippen molar-refractivity contribution in [3.63, 3.8) is 0 Å². The van der Waals surface area contributed by atoms with Gasteiger partial charge in [0.25, 0.3) is 0 Å². The SMILES string of the molecule is Cc1c(CN2CC[C@@H](CNC(=O)NC(C)C)C2)oc2ccccc12. The van der Waals surface area contributed by atoms with Crippen molar-refractivity contribution < 1.29 is 9.21 Å². The topological polar surface area (TPSA) is 57.5 Å². The van der Waals surface area contributed by atoms with E-state index in [1.54, 1.807) is 0 Å². The van der Waals surface area contributed by atoms with Crippen molar-refractivity contribution in [3.8, 4) is 0 Å². The zero-order valence-electron chi connectivity index (χ0n) is 14.8. The van der Waals surface area contributed by atoms with Crippen LogP contribution in [0.4, 0.5) is 4.79 Å². The number of likely N-dealkylation sites (tertiary alicyclic amines) is 1. The van der Waals surface area contributed by atoms with Gasteiger partial charge in [-0.3, -0.25) is 4.90 Å². The molecule has 2 aromatic rings. The highest BCUT2D eigenvalue weighted by Crippen LogP contribution is 2.27. The van der Waals surface area contributed by atoms with Crippen molar-refractivity contribution in [1.29, 1.82) is 0 Å². The monoisotopic (exact) mass is 329 g/mol. The van der Waals surface area contributed by atoms with Crippen LogP contribution in [0.1, 0.15) is 31.6 Å². The summed E-state index contributed by atoms with van der Waals surface area (Å²) in [5.41, 5.74) is 2.20. The highest BCUT2D eigenvalue weighted by molar-refractivity contribution is 5.81. The first kappa shape index (κ1) is 16.8. The molecule has 1 atom stereocenters. The molecule has 0 spiro atoms. The van der Waals surface area contributed by atoms with Gasteiger partial charge in [-0.15, -0.1) is 0 Å². The molecule has 5 nitrogen and oxygen atoms in total. The van der Waals surface area contributed by atoms with E-state index in [-0.39, 0.29) is 12.1 Å². The number of carbonyl (C=O) groups is 1. The van der Waals surface area contributed by atoms with E-state index in [9.17, 15) is 4.79 Å². The van der Waals surface area contributed by atoms with Gasteiger partial charge in [0.05, 0.1) is 6.54 Å². The summed E-state index contributed by atoms with van der Waals surface area (Å²) >= 11 is 0. The number of carbonyl (C=O) groups excluding carboxylic acids is 1. The molecule has 0 radical (unpaired) electrons. The lowest BCUT2D eigenvalue weighted by atomic mass is 10.1. The normalized spacial score (nSPS) is 18.4. The van der Waals surface area contributed by atoms with Crippen LogP contribution in [0.2, 0.25) is 0 Å². The molecule has 0 aliphatic carbocycles. The summed E-state index contributed by atoms with van der Waals surface area (Å²) in [6.07, 6.45) is 1.11. The number of aryl methyl sites for hydroxylation is 1. The number of nitrogens with zero attached hydrogens (tertiary/aromatic N) is 1. The lowest BCUT2D eigenvalue weighted by Crippen LogP contribution is -2.41. The van der Waals surface area contributed by atoms with Crippen LogP contribution < -0.4 is 10.6 Å². The lowest BCUT2D eigenvalue weighted by molar-refractivity contribution is 0.235. The quantitative estimate of drug-likeness (QED) is 0.885. The molecule has 1 aromatic heterocycles. The number of amides is 2. The number of nitrogens with one attached hydrogen (secondary N) is 2. The Balaban J connectivity index is 1.52. The third-order valence-electron chi connectivity index (χ3n) is 4.65. The third kappa shape index (κ3) is 3.90. The van der Waals surface area contributed by atoms with Crippen LogP contribution in [0.3, 0.4) is 0 Å². The summed E-state index contributed by atoms with van der Waals surface area (Å²) in [4.78, 5) is 14.1. The van der Waals surface area contributed by atoms with E-state index in [2.05, 4.69) is 28.5 Å². The van der Waals surface area contributed by atoms with Crippen LogP contribution in [0, 0.1) is 12.8 Å². The van der Waals surface area contributed by atoms with Gasteiger partial charge in [-0.2, -0.15) is 0 Å². The molecule has 3 rings (SSSR count). The van der Waals surface area contributed by atoms with Crippen LogP contribution in [0.15, 0.2) is 28.7 Å². The van der Waals surface area contributed by atoms with Gasteiger partial charge in [0.2, 0.25) is 0 Å². The third-order valence-corrected chi connectivity index (χ3v) is 4.65. The number of para-hydroxylation sites is 1. The summed E-state index contributed by atoms with van der Waals surface area (Å²) in [7, 11) is 0. The van der Waals surface area contributed by atoms with Gasteiger partial charge < -0.3 is 15.1 Å². The Morgan fingerprint density at radius 3 is 2.92 bits per heavy atom. The molecule has 130 valence electrons. The highest BCUT2D eigenvalue weighted by Gasteiger charge is 2.24. The molecule has 5 heteroatoms. The summed E-state index contributed by atoms with van der Waals surface area (Å²) < 4.78 is 6.02. The van der Waals surface area contributed by atoms with Crippen LogP contribution in [0.25, 0.3) is 11.0 Å². The standard InChI is InChI=1S/C19H27N3O2/c1-13(2)21-19(23)20-10-15-8-9-22(11-15)12-18-14(3)16-6-4-5-7-17(16)24-18/h4-7,13,15H,8-12H2,1-3H3,(H2,20,21,23)/t15-/m0/s1. The lowest BCUT2D eigenvalue weighted by Gasteiger charge is -2.16. The predicted octanol–water partition coefficient (Wildman–Crippen LogP) is 3.27. The summed E-state index contributed by atoms with van der Waals surface area (Å²) in [5, 5.41) is 7.04. The van der Waals surface area contributed by atoms with Crippen molar-refractivity contribution in [2.45, 2.75) is 39.8 Å². The summed E-state index contributed by atoms with van der Waals surface area (Å²) in [5.74, 6) is 1.56. The molecule has 1 aromatic carbocycles. The van der Waals surface area contributed by atoms with E-state index in [1.807, 2.05) is 32.0 Å². The van der Waals surface area contributed by atoms with Gasteiger partial charge in [0, 0.05) is 24.5 Å². The Morgan fingerprint density at radius 1 is 1.38 bits per heavy atom. The number of urea groups is 1. The number of furan rings is 1. The van der Waals surface area contributed by atoms with Crippen LogP contribution in [-0.4, -0.2) is 36.6 Å². The fourth-order valence-corrected chi connectivity index (χ4v) is 3.35. The maximum absolute atomic E-state index is 11.7. The summed E-state index contributed by atoms with van der Waals surface area (Å²) in [6, 6.07) is 8.29. The van der Waals surface area contributed by atoms with Gasteiger partial charge >= 0.3 is 6.03 Å². The second-order valence-electron chi connectivity index (χ2n) is 7.05. The second-order valence-corrected chi connectivity index (χ2v) is 7.05. The molecule has 1 fully saturated rings. The largest absolute Gasteiger partial charge is 0.459 e. The molecule has 1 aliphatic heterocycles. The van der Waals surface area contributed by atoms with Gasteiger partial charge in [0.15, 0.2) is 0 Å². The van der Waals surface area contributed by atoms with Crippen LogP contribution >= 0.6 is 0 Å². The molecule has 2 amide bonds. The molecule has 1 aliphatic rings. The highest BCUT2D eigenvalue weighted by atomic mass is 16.3. The fourth-order valence-electron chi connectivity index (χ4n) is 3.35. The molecular formula is C19H27N3O2. The molecule has 0 saturated carbocycles. The summed E-state index contributed by atoms with van der Waals surface area (Å²) in [6.45, 7) is 9.68. The Morgan fingerprint density at radius 2 is 2.17 bits per heavy atom. The first-order valence-corrected chi connectivity index (χ1v) is 8.76. The molecule has 2 N–H and O–H groups in total. The molecule has 2 heterocycles. The first-order chi connectivity index (χ1) is 11.5. The van der Waals surface area contributed by atoms with E-state index in [4.69, 9.17) is 4.42 Å². The molecular weight excluding hydrogens is 302 g/mol. The van der Waals surface area contributed by atoms with Crippen LogP contribution in [0.5, 0.6) is 0 Å². The van der Waals surface area contributed by atoms with Crippen molar-refractivity contribution in [3.05, 3.63) is 35.6 Å². The average Bonchev–Trinajstić information content (AvgIpc) is 3.11. The first-order valence-electron chi connectivity index (χ1n) is 8.76. The second kappa shape index (κ2) is 7.26. The smallest absolute Gasteiger partial charge is 0.314 e. The van der Waals surface area contributed by atoms with Gasteiger partial charge in [-0.25, -0.2) is 4.79 Å². The van der Waals surface area contributed by atoms with E-state index >= 15 is 0 Å². The number of benzene rings is 1. The molecule has 0 unspecified atom stereocenters. The van der Waals surface area contributed by atoms with E-state index in [0.29, 0.717) is 5.92 Å². The van der Waals surface area contributed by atoms with Crippen molar-refractivity contribution in [1.82, 2.24) is 15.5 Å². The number of hydrogen-bond donors (Lipinski definition) is 2. The fraction of sp³-hybridized carbons (Fsp3) is 0.526. The van der Waals surface area contributed by atoms with Crippen molar-refractivity contribution in [2.24, 2.45) is 5.92 Å². The van der Waals surface area contributed by atoms with E-state index < -0.39 is 0 Å². The van der Waals surface area contributed by atoms with Crippen molar-refractivity contribution in [2.75, 3.05) is 19.6 Å². The minimum Gasteiger partial charge on any atom is -0.459 e. The van der Waals surface area contributed by atoms with Gasteiger partial charge in [-0.1, -0.05) is 18.2 Å². The predicted molar refractivity (Wildman–Crippen MR) is 96.0 cm³/mol. The number of hydrogen-bond acceptors (Lipinski definition) is 3. The zero-order chi connectivity index (χ0) is 17.1.